The van der Waals surface area contributed by atoms with Gasteiger partial charge in [-0.3, -0.25) is 0 Å². The minimum atomic E-state index is -0.576. The van der Waals surface area contributed by atoms with E-state index >= 15 is 0 Å². The van der Waals surface area contributed by atoms with E-state index in [0.29, 0.717) is 0 Å². The molecule has 1 heteroatoms. The lowest BCUT2D eigenvalue weighted by atomic mass is 9.65. The molecule has 0 saturated heterocycles. The molecule has 1 nitrogen and oxygen atoms in total. The van der Waals surface area contributed by atoms with Crippen LogP contribution >= 0.6 is 0 Å². The molecule has 2 aliphatic carbocycles. The standard InChI is InChI=1S/C60H41N/c1-59(2)49-34-39(56-47-30-14-12-28-45(47)55(38-20-6-3-7-21-38)46-29-13-15-31-48(46)56)35-51-57(49)58-50(59)36-42(61-53-32-18-16-26-43(53)44-27-17-19-33-54(44)61)37-52(58)60(51,40-22-8-4-9-23-40)41-24-10-5-11-25-41/h3-37H,1-2H3. The number of rotatable bonds is 5. The van der Waals surface area contributed by atoms with Crippen molar-refractivity contribution in [1.29, 1.82) is 0 Å². The molecule has 0 spiro atoms. The summed E-state index contributed by atoms with van der Waals surface area (Å²) in [6.45, 7) is 4.91. The fourth-order valence-corrected chi connectivity index (χ4v) is 11.7. The normalized spacial score (nSPS) is 14.3. The molecular weight excluding hydrogens is 735 g/mol. The molecule has 0 radical (unpaired) electrons. The van der Waals surface area contributed by atoms with Gasteiger partial charge in [-0.15, -0.1) is 0 Å². The molecule has 0 N–H and O–H groups in total. The van der Waals surface area contributed by atoms with E-state index in [2.05, 4.69) is 231 Å². The molecule has 1 heterocycles. The zero-order valence-electron chi connectivity index (χ0n) is 34.2. The van der Waals surface area contributed by atoms with Gasteiger partial charge in [-0.2, -0.15) is 0 Å². The van der Waals surface area contributed by atoms with E-state index in [1.165, 1.54) is 116 Å². The lowest BCUT2D eigenvalue weighted by Crippen LogP contribution is -2.30. The predicted octanol–water partition coefficient (Wildman–Crippen LogP) is 15.4. The summed E-state index contributed by atoms with van der Waals surface area (Å²) in [6.07, 6.45) is 0. The van der Waals surface area contributed by atoms with Crippen molar-refractivity contribution in [2.75, 3.05) is 0 Å². The molecule has 0 atom stereocenters. The van der Waals surface area contributed by atoms with Crippen LogP contribution in [0.2, 0.25) is 0 Å². The lowest BCUT2D eigenvalue weighted by Gasteiger charge is -2.37. The third-order valence-electron chi connectivity index (χ3n) is 14.2. The van der Waals surface area contributed by atoms with Crippen LogP contribution in [-0.2, 0) is 10.8 Å². The van der Waals surface area contributed by atoms with E-state index in [1.807, 2.05) is 0 Å². The molecule has 286 valence electrons. The summed E-state index contributed by atoms with van der Waals surface area (Å²) in [4.78, 5) is 0. The van der Waals surface area contributed by atoms with Crippen molar-refractivity contribution < 1.29 is 0 Å². The fraction of sp³-hybridized carbons (Fsp3) is 0.0667. The van der Waals surface area contributed by atoms with Gasteiger partial charge in [-0.05, 0) is 125 Å². The van der Waals surface area contributed by atoms with Crippen molar-refractivity contribution in [3.63, 3.8) is 0 Å². The van der Waals surface area contributed by atoms with Crippen LogP contribution in [0.25, 0.3) is 82.4 Å². The van der Waals surface area contributed by atoms with E-state index in [4.69, 9.17) is 0 Å². The minimum Gasteiger partial charge on any atom is -0.309 e. The van der Waals surface area contributed by atoms with Gasteiger partial charge < -0.3 is 4.57 Å². The number of hydrogen-bond acceptors (Lipinski definition) is 0. The van der Waals surface area contributed by atoms with Gasteiger partial charge in [-0.25, -0.2) is 0 Å². The average molecular weight is 776 g/mol. The number of aromatic nitrogens is 1. The molecular formula is C60H41N. The van der Waals surface area contributed by atoms with Crippen molar-refractivity contribution in [2.45, 2.75) is 24.7 Å². The van der Waals surface area contributed by atoms with E-state index in [0.717, 1.165) is 0 Å². The quantitative estimate of drug-likeness (QED) is 0.153. The third-order valence-corrected chi connectivity index (χ3v) is 14.2. The molecule has 1 aromatic heterocycles. The van der Waals surface area contributed by atoms with Crippen LogP contribution in [0.1, 0.15) is 47.2 Å². The van der Waals surface area contributed by atoms with E-state index in [-0.39, 0.29) is 5.41 Å². The van der Waals surface area contributed by atoms with Gasteiger partial charge in [0.15, 0.2) is 0 Å². The molecule has 61 heavy (non-hydrogen) atoms. The van der Waals surface area contributed by atoms with Gasteiger partial charge in [0.1, 0.15) is 0 Å². The van der Waals surface area contributed by atoms with Gasteiger partial charge in [0.25, 0.3) is 0 Å². The summed E-state index contributed by atoms with van der Waals surface area (Å²) < 4.78 is 2.51. The van der Waals surface area contributed by atoms with Crippen LogP contribution in [0.15, 0.2) is 212 Å². The van der Waals surface area contributed by atoms with Gasteiger partial charge in [-0.1, -0.05) is 190 Å². The molecule has 2 aliphatic rings. The second kappa shape index (κ2) is 12.5. The number of benzene rings is 10. The zero-order chi connectivity index (χ0) is 40.5. The van der Waals surface area contributed by atoms with Crippen molar-refractivity contribution in [3.8, 4) is 39.1 Å². The molecule has 0 bridgehead atoms. The van der Waals surface area contributed by atoms with Crippen LogP contribution in [0.3, 0.4) is 0 Å². The van der Waals surface area contributed by atoms with Gasteiger partial charge in [0.2, 0.25) is 0 Å². The maximum absolute atomic E-state index is 2.58. The summed E-state index contributed by atoms with van der Waals surface area (Å²) in [7, 11) is 0. The van der Waals surface area contributed by atoms with E-state index < -0.39 is 5.41 Å². The summed E-state index contributed by atoms with van der Waals surface area (Å²) in [5, 5.41) is 7.65. The molecule has 0 unspecified atom stereocenters. The Morgan fingerprint density at radius 3 is 1.18 bits per heavy atom. The molecule has 0 aliphatic heterocycles. The highest BCUT2D eigenvalue weighted by Crippen LogP contribution is 2.65. The summed E-state index contributed by atoms with van der Waals surface area (Å²) in [5.74, 6) is 0. The topological polar surface area (TPSA) is 4.93 Å². The monoisotopic (exact) mass is 775 g/mol. The van der Waals surface area contributed by atoms with E-state index in [1.54, 1.807) is 0 Å². The number of fused-ring (bicyclic) bond motifs is 5. The van der Waals surface area contributed by atoms with Crippen LogP contribution in [-0.4, -0.2) is 4.57 Å². The summed E-state index contributed by atoms with van der Waals surface area (Å²) in [5.41, 5.74) is 18.8. The van der Waals surface area contributed by atoms with Crippen molar-refractivity contribution in [1.82, 2.24) is 4.57 Å². The Labute approximate surface area is 355 Å². The Hall–Kier alpha value is -7.48. The SMILES string of the molecule is CC1(C)c2cc(-c3c4ccccc4c(-c4ccccc4)c4ccccc34)cc3c2-c2c1cc(-n1c4ccccc4c4ccccc41)cc2C3(c1ccccc1)c1ccccc1. The molecule has 0 fully saturated rings. The molecule has 10 aromatic carbocycles. The second-order valence-electron chi connectivity index (χ2n) is 17.5. The van der Waals surface area contributed by atoms with Gasteiger partial charge >= 0.3 is 0 Å². The molecule has 11 aromatic rings. The van der Waals surface area contributed by atoms with Gasteiger partial charge in [0, 0.05) is 21.9 Å². The highest BCUT2D eigenvalue weighted by molar-refractivity contribution is 6.22. The first kappa shape index (κ1) is 34.4. The molecule has 0 amide bonds. The van der Waals surface area contributed by atoms with Crippen molar-refractivity contribution >= 4 is 43.4 Å². The second-order valence-corrected chi connectivity index (χ2v) is 17.5. The lowest BCUT2D eigenvalue weighted by molar-refractivity contribution is 0.651. The molecule has 0 saturated carbocycles. The Balaban J connectivity index is 1.18. The number of hydrogen-bond donors (Lipinski definition) is 0. The highest BCUT2D eigenvalue weighted by atomic mass is 15.0. The Bertz CT molecular complexity index is 3440. The van der Waals surface area contributed by atoms with Gasteiger partial charge in [0.05, 0.1) is 16.4 Å². The smallest absolute Gasteiger partial charge is 0.0714 e. The Morgan fingerprint density at radius 2 is 0.672 bits per heavy atom. The summed E-state index contributed by atoms with van der Waals surface area (Å²) >= 11 is 0. The Morgan fingerprint density at radius 1 is 0.311 bits per heavy atom. The van der Waals surface area contributed by atoms with Crippen LogP contribution in [0, 0.1) is 0 Å². The van der Waals surface area contributed by atoms with Crippen LogP contribution in [0.4, 0.5) is 0 Å². The minimum absolute atomic E-state index is 0.270. The highest BCUT2D eigenvalue weighted by Gasteiger charge is 2.53. The maximum atomic E-state index is 2.58. The number of para-hydroxylation sites is 2. The summed E-state index contributed by atoms with van der Waals surface area (Å²) in [6, 6.07) is 79.7. The largest absolute Gasteiger partial charge is 0.309 e. The fourth-order valence-electron chi connectivity index (χ4n) is 11.7. The van der Waals surface area contributed by atoms with E-state index in [9.17, 15) is 0 Å². The predicted molar refractivity (Wildman–Crippen MR) is 256 cm³/mol. The molecule has 13 rings (SSSR count). The van der Waals surface area contributed by atoms with Crippen LogP contribution in [0.5, 0.6) is 0 Å². The maximum Gasteiger partial charge on any atom is 0.0714 e. The first-order chi connectivity index (χ1) is 30.0. The van der Waals surface area contributed by atoms with Crippen LogP contribution < -0.4 is 0 Å². The zero-order valence-corrected chi connectivity index (χ0v) is 34.2. The first-order valence-corrected chi connectivity index (χ1v) is 21.5. The average Bonchev–Trinajstić information content (AvgIpc) is 3.89. The van der Waals surface area contributed by atoms with Crippen molar-refractivity contribution in [3.05, 3.63) is 246 Å². The first-order valence-electron chi connectivity index (χ1n) is 21.5. The third kappa shape index (κ3) is 4.50. The van der Waals surface area contributed by atoms with Crippen molar-refractivity contribution in [2.24, 2.45) is 0 Å². The Kier molecular flexibility index (Phi) is 7.06. The number of nitrogens with zero attached hydrogens (tertiary/aromatic N) is 1.